The van der Waals surface area contributed by atoms with E-state index in [1.54, 1.807) is 0 Å². The number of amides is 1. The summed E-state index contributed by atoms with van der Waals surface area (Å²) in [6.45, 7) is 5.42. The normalized spacial score (nSPS) is 12.7. The quantitative estimate of drug-likeness (QED) is 0.424. The van der Waals surface area contributed by atoms with E-state index in [-0.39, 0.29) is 22.7 Å². The van der Waals surface area contributed by atoms with E-state index in [1.165, 1.54) is 32.0 Å². The van der Waals surface area contributed by atoms with Crippen molar-refractivity contribution < 1.29 is 19.2 Å². The van der Waals surface area contributed by atoms with Crippen molar-refractivity contribution in [2.45, 2.75) is 39.2 Å². The highest BCUT2D eigenvalue weighted by molar-refractivity contribution is 5.94. The molecule has 0 fully saturated rings. The molecule has 0 bridgehead atoms. The Morgan fingerprint density at radius 3 is 2.43 bits per heavy atom. The zero-order chi connectivity index (χ0) is 20.7. The van der Waals surface area contributed by atoms with Gasteiger partial charge in [0.15, 0.2) is 6.10 Å². The monoisotopic (exact) mass is 384 g/mol. The molecule has 0 saturated heterocycles. The number of ether oxygens (including phenoxy) is 1. The Bertz CT molecular complexity index is 851. The summed E-state index contributed by atoms with van der Waals surface area (Å²) in [6.07, 6.45) is -0.162. The Labute approximate surface area is 163 Å². The maximum atomic E-state index is 12.3. The van der Waals surface area contributed by atoms with Crippen LogP contribution in [-0.4, -0.2) is 29.4 Å². The molecule has 0 radical (unpaired) electrons. The highest BCUT2D eigenvalue weighted by atomic mass is 16.6. The first-order valence-electron chi connectivity index (χ1n) is 9.12. The average Bonchev–Trinajstić information content (AvgIpc) is 2.68. The minimum absolute atomic E-state index is 0.0737. The third-order valence-electron chi connectivity index (χ3n) is 4.66. The lowest BCUT2D eigenvalue weighted by molar-refractivity contribution is -0.385. The lowest BCUT2D eigenvalue weighted by Crippen LogP contribution is -2.38. The lowest BCUT2D eigenvalue weighted by atomic mass is 9.96. The first kappa shape index (κ1) is 21.1. The number of nitro groups is 1. The Morgan fingerprint density at radius 2 is 1.82 bits per heavy atom. The number of carbonyl (C=O) groups is 2. The second kappa shape index (κ2) is 9.64. The summed E-state index contributed by atoms with van der Waals surface area (Å²) < 4.78 is 5.21. The summed E-state index contributed by atoms with van der Waals surface area (Å²) in [7, 11) is 0. The number of hydrogen-bond acceptors (Lipinski definition) is 5. The van der Waals surface area contributed by atoms with Gasteiger partial charge in [-0.1, -0.05) is 43.3 Å². The van der Waals surface area contributed by atoms with Gasteiger partial charge in [-0.15, -0.1) is 0 Å². The number of carbonyl (C=O) groups excluding carboxylic acids is 2. The molecular formula is C21H24N2O5. The third-order valence-corrected chi connectivity index (χ3v) is 4.66. The number of esters is 1. The first-order chi connectivity index (χ1) is 13.3. The van der Waals surface area contributed by atoms with E-state index in [4.69, 9.17) is 4.74 Å². The van der Waals surface area contributed by atoms with Crippen molar-refractivity contribution in [3.8, 4) is 0 Å². The van der Waals surface area contributed by atoms with Gasteiger partial charge in [-0.25, -0.2) is 4.79 Å². The summed E-state index contributed by atoms with van der Waals surface area (Å²) in [5, 5.41) is 13.8. The Hall–Kier alpha value is -3.22. The molecular weight excluding hydrogens is 360 g/mol. The first-order valence-corrected chi connectivity index (χ1v) is 9.12. The highest BCUT2D eigenvalue weighted by Gasteiger charge is 2.23. The molecule has 7 heteroatoms. The van der Waals surface area contributed by atoms with Gasteiger partial charge in [-0.2, -0.15) is 0 Å². The summed E-state index contributed by atoms with van der Waals surface area (Å²) in [5.74, 6) is -1.02. The summed E-state index contributed by atoms with van der Waals surface area (Å²) in [4.78, 5) is 35.1. The minimum Gasteiger partial charge on any atom is -0.449 e. The molecule has 0 spiro atoms. The minimum atomic E-state index is -1.01. The van der Waals surface area contributed by atoms with E-state index in [9.17, 15) is 19.7 Å². The van der Waals surface area contributed by atoms with Gasteiger partial charge in [0, 0.05) is 24.1 Å². The van der Waals surface area contributed by atoms with Crippen molar-refractivity contribution in [1.29, 1.82) is 0 Å². The maximum Gasteiger partial charge on any atom is 0.339 e. The lowest BCUT2D eigenvalue weighted by Gasteiger charge is -2.19. The molecule has 28 heavy (non-hydrogen) atoms. The molecule has 0 aliphatic heterocycles. The van der Waals surface area contributed by atoms with Gasteiger partial charge in [0.1, 0.15) is 0 Å². The van der Waals surface area contributed by atoms with Crippen molar-refractivity contribution in [1.82, 2.24) is 5.32 Å². The molecule has 1 N–H and O–H groups in total. The van der Waals surface area contributed by atoms with Gasteiger partial charge in [0.25, 0.3) is 11.6 Å². The highest BCUT2D eigenvalue weighted by Crippen LogP contribution is 2.22. The number of nitrogens with one attached hydrogen (secondary N) is 1. The van der Waals surface area contributed by atoms with Crippen LogP contribution >= 0.6 is 0 Å². The predicted octanol–water partition coefficient (Wildman–Crippen LogP) is 3.76. The fourth-order valence-corrected chi connectivity index (χ4v) is 2.91. The molecule has 0 aromatic heterocycles. The van der Waals surface area contributed by atoms with Gasteiger partial charge in [-0.05, 0) is 31.9 Å². The second-order valence-corrected chi connectivity index (χ2v) is 6.52. The number of nitrogens with zero attached hydrogens (tertiary/aromatic N) is 1. The van der Waals surface area contributed by atoms with E-state index < -0.39 is 22.9 Å². The largest absolute Gasteiger partial charge is 0.449 e. The zero-order valence-corrected chi connectivity index (χ0v) is 16.2. The van der Waals surface area contributed by atoms with E-state index in [1.807, 2.05) is 37.3 Å². The molecule has 148 valence electrons. The van der Waals surface area contributed by atoms with Crippen LogP contribution in [0.1, 0.15) is 47.7 Å². The van der Waals surface area contributed by atoms with Crippen LogP contribution < -0.4 is 5.32 Å². The van der Waals surface area contributed by atoms with Crippen LogP contribution in [0.2, 0.25) is 0 Å². The Balaban J connectivity index is 1.98. The molecule has 0 saturated carbocycles. The fraction of sp³-hybridized carbons (Fsp3) is 0.333. The van der Waals surface area contributed by atoms with Crippen LogP contribution in [-0.2, 0) is 9.53 Å². The molecule has 2 aromatic rings. The molecule has 7 nitrogen and oxygen atoms in total. The Kier molecular flexibility index (Phi) is 7.26. The second-order valence-electron chi connectivity index (χ2n) is 6.52. The predicted molar refractivity (Wildman–Crippen MR) is 105 cm³/mol. The van der Waals surface area contributed by atoms with Crippen molar-refractivity contribution in [3.63, 3.8) is 0 Å². The zero-order valence-electron chi connectivity index (χ0n) is 16.2. The van der Waals surface area contributed by atoms with E-state index in [0.717, 1.165) is 12.0 Å². The van der Waals surface area contributed by atoms with Gasteiger partial charge in [-0.3, -0.25) is 14.9 Å². The molecule has 2 aromatic carbocycles. The van der Waals surface area contributed by atoms with Gasteiger partial charge < -0.3 is 10.1 Å². The third kappa shape index (κ3) is 5.16. The van der Waals surface area contributed by atoms with E-state index in [0.29, 0.717) is 6.54 Å². The van der Waals surface area contributed by atoms with Crippen LogP contribution in [0.25, 0.3) is 0 Å². The number of nitro benzene ring substituents is 1. The van der Waals surface area contributed by atoms with Crippen molar-refractivity contribution >= 4 is 17.6 Å². The number of benzene rings is 2. The molecule has 2 rings (SSSR count). The van der Waals surface area contributed by atoms with Crippen LogP contribution in [0, 0.1) is 17.0 Å². The van der Waals surface area contributed by atoms with E-state index in [2.05, 4.69) is 5.32 Å². The van der Waals surface area contributed by atoms with E-state index >= 15 is 0 Å². The molecule has 1 amide bonds. The van der Waals surface area contributed by atoms with Crippen molar-refractivity contribution in [2.24, 2.45) is 0 Å². The SMILES string of the molecule is CC[C@H](CNC(=O)[C@@H](C)OC(=O)c1cccc([N+](=O)[O-])c1C)c1ccccc1. The van der Waals surface area contributed by atoms with Crippen molar-refractivity contribution in [3.05, 3.63) is 75.3 Å². The van der Waals surface area contributed by atoms with Crippen LogP contribution in [0.4, 0.5) is 5.69 Å². The standard InChI is InChI=1S/C21H24N2O5/c1-4-16(17-9-6-5-7-10-17)13-22-20(24)15(3)28-21(25)18-11-8-12-19(14(18)2)23(26)27/h5-12,15-16H,4,13H2,1-3H3,(H,22,24)/t15-,16-/m1/s1. The maximum absolute atomic E-state index is 12.3. The molecule has 0 aliphatic carbocycles. The number of hydrogen-bond donors (Lipinski definition) is 1. The fourth-order valence-electron chi connectivity index (χ4n) is 2.91. The van der Waals surface area contributed by atoms with Gasteiger partial charge in [0.2, 0.25) is 0 Å². The number of rotatable bonds is 8. The summed E-state index contributed by atoms with van der Waals surface area (Å²) >= 11 is 0. The summed E-state index contributed by atoms with van der Waals surface area (Å²) in [6, 6.07) is 14.0. The topological polar surface area (TPSA) is 98.5 Å². The summed E-state index contributed by atoms with van der Waals surface area (Å²) in [5.41, 5.74) is 1.24. The van der Waals surface area contributed by atoms with Crippen LogP contribution in [0.3, 0.4) is 0 Å². The smallest absolute Gasteiger partial charge is 0.339 e. The van der Waals surface area contributed by atoms with Gasteiger partial charge >= 0.3 is 5.97 Å². The Morgan fingerprint density at radius 1 is 1.14 bits per heavy atom. The average molecular weight is 384 g/mol. The molecule has 0 aliphatic rings. The van der Waals surface area contributed by atoms with Crippen molar-refractivity contribution in [2.75, 3.05) is 6.54 Å². The van der Waals surface area contributed by atoms with Crippen LogP contribution in [0.5, 0.6) is 0 Å². The molecule has 0 heterocycles. The molecule has 2 atom stereocenters. The van der Waals surface area contributed by atoms with Gasteiger partial charge in [0.05, 0.1) is 10.5 Å². The van der Waals surface area contributed by atoms with Crippen LogP contribution in [0.15, 0.2) is 48.5 Å². The molecule has 0 unspecified atom stereocenters.